The average molecular weight is 558 g/mol. The maximum Gasteiger partial charge on any atom is 0.471 e. The van der Waals surface area contributed by atoms with Crippen LogP contribution in [0.15, 0.2) is 30.3 Å². The minimum Gasteiger partial charge on any atom is -0.485 e. The number of nitrogens with one attached hydrogen (secondary N) is 1. The van der Waals surface area contributed by atoms with Crippen LogP contribution in [-0.4, -0.2) is 49.7 Å². The highest BCUT2D eigenvalue weighted by Crippen LogP contribution is 2.40. The summed E-state index contributed by atoms with van der Waals surface area (Å²) < 4.78 is 88.3. The predicted octanol–water partition coefficient (Wildman–Crippen LogP) is 5.95. The van der Waals surface area contributed by atoms with E-state index in [9.17, 15) is 31.5 Å². The number of benzene rings is 2. The molecule has 1 N–H and O–H groups in total. The molecule has 0 spiro atoms. The van der Waals surface area contributed by atoms with Gasteiger partial charge in [-0.25, -0.2) is 13.2 Å². The van der Waals surface area contributed by atoms with E-state index < -0.39 is 61.4 Å². The normalized spacial score (nSPS) is 15.8. The molecule has 2 aromatic carbocycles. The first kappa shape index (κ1) is 28.1. The van der Waals surface area contributed by atoms with Gasteiger partial charge in [0, 0.05) is 17.0 Å². The van der Waals surface area contributed by atoms with Crippen LogP contribution >= 0.6 is 23.2 Å². The summed E-state index contributed by atoms with van der Waals surface area (Å²) in [4.78, 5) is 24.1. The van der Waals surface area contributed by atoms with Crippen LogP contribution in [0, 0.1) is 5.82 Å². The first-order valence-electron chi connectivity index (χ1n) is 10.4. The fourth-order valence-corrected chi connectivity index (χ4v) is 4.19. The Kier molecular flexibility index (Phi) is 8.47. The Labute approximate surface area is 211 Å². The summed E-state index contributed by atoms with van der Waals surface area (Å²) in [5, 5.41) is 1.77. The van der Waals surface area contributed by atoms with E-state index in [-0.39, 0.29) is 38.9 Å². The van der Waals surface area contributed by atoms with E-state index in [1.165, 1.54) is 31.2 Å². The SMILES string of the molecule is C[C@@H](CC(=O)C1(NC(=O)C(F)(F)F)COC1)c1ccc(-c2cc(Cl)cc(Cl)c2OCC(F)F)cc1F. The van der Waals surface area contributed by atoms with E-state index in [1.807, 2.05) is 0 Å². The number of rotatable bonds is 9. The van der Waals surface area contributed by atoms with E-state index in [2.05, 4.69) is 0 Å². The van der Waals surface area contributed by atoms with Gasteiger partial charge in [0.25, 0.3) is 6.43 Å². The molecule has 0 unspecified atom stereocenters. The largest absolute Gasteiger partial charge is 0.485 e. The van der Waals surface area contributed by atoms with E-state index >= 15 is 4.39 Å². The van der Waals surface area contributed by atoms with Gasteiger partial charge in [0.05, 0.1) is 18.2 Å². The number of halogens is 8. The van der Waals surface area contributed by atoms with Crippen LogP contribution in [0.4, 0.5) is 26.3 Å². The molecule has 0 saturated carbocycles. The molecule has 0 radical (unpaired) electrons. The van der Waals surface area contributed by atoms with Crippen LogP contribution < -0.4 is 10.1 Å². The molecular formula is C23H19Cl2F6NO4. The summed E-state index contributed by atoms with van der Waals surface area (Å²) >= 11 is 12.1. The smallest absolute Gasteiger partial charge is 0.471 e. The molecule has 3 rings (SSSR count). The minimum atomic E-state index is -5.18. The molecule has 2 aromatic rings. The third-order valence-electron chi connectivity index (χ3n) is 5.54. The van der Waals surface area contributed by atoms with Crippen LogP contribution in [0.2, 0.25) is 10.0 Å². The summed E-state index contributed by atoms with van der Waals surface area (Å²) in [5.41, 5.74) is -1.42. The number of ether oxygens (including phenoxy) is 2. The molecule has 1 aliphatic rings. The van der Waals surface area contributed by atoms with Crippen molar-refractivity contribution in [1.29, 1.82) is 0 Å². The topological polar surface area (TPSA) is 64.6 Å². The first-order valence-corrected chi connectivity index (χ1v) is 11.2. The van der Waals surface area contributed by atoms with Crippen molar-refractivity contribution in [2.24, 2.45) is 0 Å². The second-order valence-electron chi connectivity index (χ2n) is 8.26. The predicted molar refractivity (Wildman–Crippen MR) is 119 cm³/mol. The quantitative estimate of drug-likeness (QED) is 0.387. The molecule has 196 valence electrons. The minimum absolute atomic E-state index is 0.0597. The summed E-state index contributed by atoms with van der Waals surface area (Å²) in [7, 11) is 0. The highest BCUT2D eigenvalue weighted by atomic mass is 35.5. The van der Waals surface area contributed by atoms with E-state index in [0.29, 0.717) is 0 Å². The standard InChI is InChI=1S/C23H19Cl2F6NO4/c1-11(4-18(33)22(9-35-10-22)32-21(34)23(29,30)31)14-3-2-12(5-17(14)26)15-6-13(24)7-16(25)20(15)36-8-19(27)28/h2-3,5-7,11,19H,4,8-10H2,1H3,(H,32,34)/t11-/m0/s1. The highest BCUT2D eigenvalue weighted by molar-refractivity contribution is 6.36. The highest BCUT2D eigenvalue weighted by Gasteiger charge is 2.51. The van der Waals surface area contributed by atoms with Gasteiger partial charge in [-0.05, 0) is 35.2 Å². The molecule has 13 heteroatoms. The van der Waals surface area contributed by atoms with Crippen molar-refractivity contribution in [3.05, 3.63) is 51.8 Å². The number of carbonyl (C=O) groups excluding carboxylic acids is 2. The Balaban J connectivity index is 1.82. The number of Topliss-reactive ketones (excluding diaryl/α,β-unsaturated/α-hetero) is 1. The molecule has 1 amide bonds. The zero-order chi connectivity index (χ0) is 26.8. The van der Waals surface area contributed by atoms with Crippen molar-refractivity contribution in [3.63, 3.8) is 0 Å². The number of hydrogen-bond acceptors (Lipinski definition) is 4. The molecule has 0 bridgehead atoms. The number of carbonyl (C=O) groups is 2. The average Bonchev–Trinajstić information content (AvgIpc) is 2.73. The Bertz CT molecular complexity index is 1150. The molecular weight excluding hydrogens is 539 g/mol. The van der Waals surface area contributed by atoms with Crippen molar-refractivity contribution in [1.82, 2.24) is 5.32 Å². The van der Waals surface area contributed by atoms with Gasteiger partial charge in [0.2, 0.25) is 0 Å². The van der Waals surface area contributed by atoms with Crippen molar-refractivity contribution < 1.29 is 45.4 Å². The number of hydrogen-bond donors (Lipinski definition) is 1. The summed E-state index contributed by atoms with van der Waals surface area (Å²) in [6.45, 7) is -0.329. The van der Waals surface area contributed by atoms with Crippen molar-refractivity contribution >= 4 is 34.9 Å². The lowest BCUT2D eigenvalue weighted by Gasteiger charge is -2.41. The number of ketones is 1. The zero-order valence-corrected chi connectivity index (χ0v) is 20.0. The Hall–Kier alpha value is -2.50. The summed E-state index contributed by atoms with van der Waals surface area (Å²) in [6.07, 6.45) is -8.35. The molecule has 1 atom stereocenters. The lowest BCUT2D eigenvalue weighted by atomic mass is 9.83. The Morgan fingerprint density at radius 3 is 2.36 bits per heavy atom. The molecule has 0 aromatic heterocycles. The lowest BCUT2D eigenvalue weighted by Crippen LogP contribution is -2.68. The molecule has 1 saturated heterocycles. The fraction of sp³-hybridized carbons (Fsp3) is 0.391. The molecule has 0 aliphatic carbocycles. The van der Waals surface area contributed by atoms with Gasteiger partial charge >= 0.3 is 12.1 Å². The lowest BCUT2D eigenvalue weighted by molar-refractivity contribution is -0.183. The monoisotopic (exact) mass is 557 g/mol. The molecule has 1 heterocycles. The van der Waals surface area contributed by atoms with E-state index in [4.69, 9.17) is 32.7 Å². The van der Waals surface area contributed by atoms with Gasteiger partial charge in [0.15, 0.2) is 5.78 Å². The summed E-state index contributed by atoms with van der Waals surface area (Å²) in [6, 6.07) is 6.49. The van der Waals surface area contributed by atoms with E-state index in [0.717, 1.165) is 6.07 Å². The Morgan fingerprint density at radius 1 is 1.17 bits per heavy atom. The van der Waals surface area contributed by atoms with Crippen molar-refractivity contribution in [2.75, 3.05) is 19.8 Å². The first-order chi connectivity index (χ1) is 16.7. The fourth-order valence-electron chi connectivity index (χ4n) is 3.64. The third-order valence-corrected chi connectivity index (χ3v) is 6.04. The van der Waals surface area contributed by atoms with Crippen LogP contribution in [0.5, 0.6) is 5.75 Å². The van der Waals surface area contributed by atoms with Crippen LogP contribution in [0.25, 0.3) is 11.1 Å². The Morgan fingerprint density at radius 2 is 1.83 bits per heavy atom. The maximum atomic E-state index is 15.1. The van der Waals surface area contributed by atoms with Crippen LogP contribution in [0.3, 0.4) is 0 Å². The van der Waals surface area contributed by atoms with Gasteiger partial charge in [-0.1, -0.05) is 42.3 Å². The van der Waals surface area contributed by atoms with Crippen molar-refractivity contribution in [2.45, 2.75) is 37.4 Å². The molecule has 36 heavy (non-hydrogen) atoms. The molecule has 1 fully saturated rings. The number of alkyl halides is 5. The molecule has 1 aliphatic heterocycles. The van der Waals surface area contributed by atoms with Gasteiger partial charge in [-0.3, -0.25) is 9.59 Å². The van der Waals surface area contributed by atoms with Gasteiger partial charge < -0.3 is 14.8 Å². The second kappa shape index (κ2) is 10.9. The van der Waals surface area contributed by atoms with Crippen LogP contribution in [-0.2, 0) is 14.3 Å². The second-order valence-corrected chi connectivity index (χ2v) is 9.10. The number of amides is 1. The maximum absolute atomic E-state index is 15.1. The summed E-state index contributed by atoms with van der Waals surface area (Å²) in [5.74, 6) is -4.70. The van der Waals surface area contributed by atoms with Gasteiger partial charge in [-0.15, -0.1) is 0 Å². The van der Waals surface area contributed by atoms with Crippen molar-refractivity contribution in [3.8, 4) is 16.9 Å². The van der Waals surface area contributed by atoms with Crippen LogP contribution in [0.1, 0.15) is 24.8 Å². The third kappa shape index (κ3) is 6.24. The van der Waals surface area contributed by atoms with Gasteiger partial charge in [-0.2, -0.15) is 13.2 Å². The van der Waals surface area contributed by atoms with Gasteiger partial charge in [0.1, 0.15) is 23.7 Å². The van der Waals surface area contributed by atoms with E-state index in [1.54, 1.807) is 5.32 Å². The molecule has 5 nitrogen and oxygen atoms in total. The zero-order valence-electron chi connectivity index (χ0n) is 18.5.